The van der Waals surface area contributed by atoms with Crippen molar-refractivity contribution in [1.29, 1.82) is 10.5 Å². The molecule has 18 heteroatoms. The van der Waals surface area contributed by atoms with Gasteiger partial charge in [-0.15, -0.1) is 0 Å². The zero-order valence-corrected chi connectivity index (χ0v) is 34.6. The van der Waals surface area contributed by atoms with Gasteiger partial charge in [0.25, 0.3) is 0 Å². The minimum atomic E-state index is -0.932. The van der Waals surface area contributed by atoms with Crippen LogP contribution < -0.4 is 21.0 Å². The second-order valence-corrected chi connectivity index (χ2v) is 15.4. The maximum Gasteiger partial charge on any atom is 0.407 e. The SMILES string of the molecule is [B]NCCCCC(=O)OC[C@H](COc1ccc(-c2c(C#N)c(N)nc(SCc3coc(-c4ccc(Cl)cc4)n3)c2C#N)cc1)OC(=O)CCCCNC(=O)OC(C)(C)C. The van der Waals surface area contributed by atoms with E-state index in [2.05, 4.69) is 32.7 Å². The molecule has 4 aromatic rings. The Bertz CT molecular complexity index is 2120. The molecule has 0 saturated carbocycles. The molecule has 15 nitrogen and oxygen atoms in total. The molecule has 2 aromatic heterocycles. The Balaban J connectivity index is 1.41. The fourth-order valence-electron chi connectivity index (χ4n) is 5.35. The van der Waals surface area contributed by atoms with Crippen molar-refractivity contribution in [2.45, 2.75) is 81.8 Å². The van der Waals surface area contributed by atoms with Crippen LogP contribution in [0.3, 0.4) is 0 Å². The highest BCUT2D eigenvalue weighted by Crippen LogP contribution is 2.37. The lowest BCUT2D eigenvalue weighted by Gasteiger charge is -2.20. The monoisotopic (exact) mass is 841 g/mol. The van der Waals surface area contributed by atoms with Gasteiger partial charge in [0.2, 0.25) is 5.89 Å². The third kappa shape index (κ3) is 15.2. The number of carbonyl (C=O) groups excluding carboxylic acids is 3. The van der Waals surface area contributed by atoms with Gasteiger partial charge in [0, 0.05) is 41.3 Å². The third-order valence-electron chi connectivity index (χ3n) is 8.15. The third-order valence-corrected chi connectivity index (χ3v) is 9.41. The number of nitrogens with two attached hydrogens (primary N) is 1. The first-order valence-electron chi connectivity index (χ1n) is 18.8. The van der Waals surface area contributed by atoms with E-state index in [-0.39, 0.29) is 43.0 Å². The van der Waals surface area contributed by atoms with Gasteiger partial charge in [0.05, 0.1) is 11.3 Å². The number of ether oxygens (including phenoxy) is 4. The normalized spacial score (nSPS) is 11.5. The highest BCUT2D eigenvalue weighted by Gasteiger charge is 2.23. The number of nitrogen functional groups attached to an aromatic ring is 1. The summed E-state index contributed by atoms with van der Waals surface area (Å²) in [5.41, 5.74) is 7.98. The molecule has 0 unspecified atom stereocenters. The van der Waals surface area contributed by atoms with E-state index in [0.717, 1.165) is 5.56 Å². The number of nitrogens with zero attached hydrogens (tertiary/aromatic N) is 4. The summed E-state index contributed by atoms with van der Waals surface area (Å²) in [6.45, 7) is 5.78. The second kappa shape index (κ2) is 23.0. The molecule has 308 valence electrons. The number of carbonyl (C=O) groups is 3. The Morgan fingerprint density at radius 3 is 2.24 bits per heavy atom. The van der Waals surface area contributed by atoms with Crippen molar-refractivity contribution in [2.24, 2.45) is 0 Å². The van der Waals surface area contributed by atoms with E-state index < -0.39 is 29.7 Å². The highest BCUT2D eigenvalue weighted by molar-refractivity contribution is 7.98. The van der Waals surface area contributed by atoms with E-state index in [4.69, 9.17) is 48.7 Å². The number of rotatable bonds is 21. The second-order valence-electron chi connectivity index (χ2n) is 14.0. The average Bonchev–Trinajstić information content (AvgIpc) is 3.68. The zero-order chi connectivity index (χ0) is 42.8. The number of esters is 2. The van der Waals surface area contributed by atoms with Crippen LogP contribution in [0.5, 0.6) is 5.75 Å². The number of benzene rings is 2. The minimum Gasteiger partial charge on any atom is -0.490 e. The molecule has 0 saturated heterocycles. The molecular weight excluding hydrogens is 797 g/mol. The first kappa shape index (κ1) is 46.0. The van der Waals surface area contributed by atoms with Gasteiger partial charge in [-0.05, 0) is 95.0 Å². The van der Waals surface area contributed by atoms with E-state index in [1.807, 2.05) is 0 Å². The lowest BCUT2D eigenvalue weighted by Crippen LogP contribution is -2.33. The molecule has 0 aliphatic carbocycles. The van der Waals surface area contributed by atoms with Crippen molar-refractivity contribution >= 4 is 55.2 Å². The van der Waals surface area contributed by atoms with Crippen molar-refractivity contribution in [3.8, 4) is 40.5 Å². The van der Waals surface area contributed by atoms with Gasteiger partial charge in [0.1, 0.15) is 59.4 Å². The summed E-state index contributed by atoms with van der Waals surface area (Å²) in [5.74, 6) is 0.0563. The van der Waals surface area contributed by atoms with Crippen LogP contribution in [0.15, 0.2) is 64.2 Å². The number of anilines is 1. The van der Waals surface area contributed by atoms with Gasteiger partial charge >= 0.3 is 18.0 Å². The molecule has 0 fully saturated rings. The van der Waals surface area contributed by atoms with Crippen LogP contribution in [0, 0.1) is 22.7 Å². The fourth-order valence-corrected chi connectivity index (χ4v) is 6.35. The van der Waals surface area contributed by atoms with Gasteiger partial charge in [-0.2, -0.15) is 10.5 Å². The summed E-state index contributed by atoms with van der Waals surface area (Å²) < 4.78 is 27.8. The molecule has 1 atom stereocenters. The number of unbranched alkanes of at least 4 members (excludes halogenated alkanes) is 2. The fraction of sp³-hybridized carbons (Fsp3) is 0.390. The Hall–Kier alpha value is -5.75. The van der Waals surface area contributed by atoms with Crippen LogP contribution >= 0.6 is 23.4 Å². The number of hydrogen-bond acceptors (Lipinski definition) is 15. The number of hydrogen-bond donors (Lipinski definition) is 3. The van der Waals surface area contributed by atoms with E-state index in [1.54, 1.807) is 69.3 Å². The Kier molecular flexibility index (Phi) is 17.9. The van der Waals surface area contributed by atoms with Crippen LogP contribution in [0.4, 0.5) is 10.6 Å². The standard InChI is InChI=1S/C41H45BClN7O8S/c1-41(2,3)58-40(53)47-18-6-4-9-35(52)57-31(24-55-34(51)8-5-7-19-48-42)23-54-30-16-12-26(13-17-30)36-32(20-44)37(46)50-39(33(36)21-45)59-25-29-22-56-38(49-29)27-10-14-28(43)15-11-27/h10-17,22,31,48H,4-9,18-19,23-25H2,1-3H3,(H2,46,50)(H,47,53)/t31-/m0/s1. The average molecular weight is 842 g/mol. The highest BCUT2D eigenvalue weighted by atomic mass is 35.5. The molecule has 2 radical (unpaired) electrons. The van der Waals surface area contributed by atoms with Crippen LogP contribution in [-0.2, 0) is 29.6 Å². The van der Waals surface area contributed by atoms with Crippen molar-refractivity contribution in [3.63, 3.8) is 0 Å². The topological polar surface area (TPSA) is 225 Å². The summed E-state index contributed by atoms with van der Waals surface area (Å²) in [7, 11) is 5.29. The smallest absolute Gasteiger partial charge is 0.407 e. The quantitative estimate of drug-likeness (QED) is 0.0251. The number of thioether (sulfide) groups is 1. The molecule has 0 bridgehead atoms. The first-order valence-corrected chi connectivity index (χ1v) is 20.1. The van der Waals surface area contributed by atoms with Crippen molar-refractivity contribution in [3.05, 3.63) is 76.6 Å². The summed E-state index contributed by atoms with van der Waals surface area (Å²) in [6.07, 6.45) is 2.44. The van der Waals surface area contributed by atoms with Crippen molar-refractivity contribution in [1.82, 2.24) is 20.5 Å². The van der Waals surface area contributed by atoms with Crippen LogP contribution in [0.2, 0.25) is 5.02 Å². The summed E-state index contributed by atoms with van der Waals surface area (Å²) in [5, 5.41) is 26.4. The van der Waals surface area contributed by atoms with Gasteiger partial charge in [0.15, 0.2) is 14.1 Å². The number of oxazole rings is 1. The van der Waals surface area contributed by atoms with Gasteiger partial charge < -0.3 is 39.6 Å². The van der Waals surface area contributed by atoms with Crippen molar-refractivity contribution in [2.75, 3.05) is 32.0 Å². The van der Waals surface area contributed by atoms with Crippen LogP contribution in [0.1, 0.15) is 76.1 Å². The first-order chi connectivity index (χ1) is 28.3. The van der Waals surface area contributed by atoms with Gasteiger partial charge in [-0.1, -0.05) is 35.5 Å². The van der Waals surface area contributed by atoms with Gasteiger partial charge in [-0.25, -0.2) is 14.8 Å². The summed E-state index contributed by atoms with van der Waals surface area (Å²) in [6, 6.07) is 17.9. The molecule has 2 aromatic carbocycles. The van der Waals surface area contributed by atoms with Gasteiger partial charge in [-0.3, -0.25) is 9.59 Å². The summed E-state index contributed by atoms with van der Waals surface area (Å²) in [4.78, 5) is 45.9. The number of alkyl carbamates (subject to hydrolysis) is 1. The number of halogens is 1. The predicted octanol–water partition coefficient (Wildman–Crippen LogP) is 7.05. The maximum absolute atomic E-state index is 12.8. The zero-order valence-electron chi connectivity index (χ0n) is 33.0. The van der Waals surface area contributed by atoms with E-state index in [9.17, 15) is 24.9 Å². The molecule has 2 heterocycles. The number of nitriles is 2. The number of nitrogens with one attached hydrogen (secondary N) is 2. The lowest BCUT2D eigenvalue weighted by atomic mass is 9.97. The van der Waals surface area contributed by atoms with Crippen LogP contribution in [-0.4, -0.2) is 74.0 Å². The van der Waals surface area contributed by atoms with E-state index in [0.29, 0.717) is 83.0 Å². The summed E-state index contributed by atoms with van der Waals surface area (Å²) >= 11 is 7.22. The predicted molar refractivity (Wildman–Crippen MR) is 222 cm³/mol. The number of pyridine rings is 1. The molecule has 4 rings (SSSR count). The molecular formula is C41H45BClN7O8S. The van der Waals surface area contributed by atoms with E-state index in [1.165, 1.54) is 18.0 Å². The number of aromatic nitrogens is 2. The minimum absolute atomic E-state index is 0.0408. The maximum atomic E-state index is 12.8. The molecule has 0 aliphatic heterocycles. The molecule has 0 spiro atoms. The lowest BCUT2D eigenvalue weighted by molar-refractivity contribution is -0.161. The Morgan fingerprint density at radius 2 is 1.58 bits per heavy atom. The Labute approximate surface area is 353 Å². The molecule has 1 amide bonds. The van der Waals surface area contributed by atoms with E-state index >= 15 is 0 Å². The van der Waals surface area contributed by atoms with Crippen molar-refractivity contribution < 1.29 is 37.7 Å². The Morgan fingerprint density at radius 1 is 0.915 bits per heavy atom. The molecule has 59 heavy (non-hydrogen) atoms. The molecule has 4 N–H and O–H groups in total. The molecule has 0 aliphatic rings. The van der Waals surface area contributed by atoms with Crippen LogP contribution in [0.25, 0.3) is 22.6 Å². The largest absolute Gasteiger partial charge is 0.490 e. The number of amides is 1.